The van der Waals surface area contributed by atoms with E-state index < -0.39 is 0 Å². The minimum Gasteiger partial charge on any atom is -0.311 e. The summed E-state index contributed by atoms with van der Waals surface area (Å²) in [6.07, 6.45) is 4.77. The zero-order chi connectivity index (χ0) is 48.1. The molecular formula is C63H75BN2S. The fraction of sp³-hybridized carbons (Fsp3) is 0.460. The maximum absolute atomic E-state index is 2.74. The van der Waals surface area contributed by atoms with Gasteiger partial charge in [0.2, 0.25) is 0 Å². The van der Waals surface area contributed by atoms with Crippen molar-refractivity contribution in [2.75, 3.05) is 9.80 Å². The lowest BCUT2D eigenvalue weighted by Crippen LogP contribution is -2.62. The summed E-state index contributed by atoms with van der Waals surface area (Å²) in [5.41, 5.74) is 27.2. The van der Waals surface area contributed by atoms with E-state index >= 15 is 0 Å². The van der Waals surface area contributed by atoms with Crippen LogP contribution in [0, 0.1) is 13.8 Å². The highest BCUT2D eigenvalue weighted by molar-refractivity contribution is 7.23. The van der Waals surface area contributed by atoms with Gasteiger partial charge in [-0.2, -0.15) is 0 Å². The SMILES string of the molecule is Cc1cc2c3c(c1)N(c1ccc(C(C)(C)C)cc1C)c1sc4c(c1B3c1cc3c(cc1N2c1ccc2c(c1)C(C)(C)CCC2(C)C)C(C)(C)CCC3(C)C)C(C)(C)c1ccc(C(C)(C)C)cc1-4. The standard InChI is InChI=1S/C63H75BN2S/c1-36-29-50-53-51(30-36)66(48-24-20-38(31-37(48)2)57(3,4)5)56-54(52-55(67-56)41-32-39(58(6,7)8)19-22-42(41)63(52,17)18)64(53)47-34-45-46(62(15,16)28-27-61(45,13)14)35-49(47)65(50)40-21-23-43-44(33-40)60(11,12)26-25-59(43,9)10/h19-24,29-35H,25-28H2,1-18H3. The molecule has 0 bridgehead atoms. The zero-order valence-corrected chi connectivity index (χ0v) is 45.0. The summed E-state index contributed by atoms with van der Waals surface area (Å²) in [5, 5.41) is 1.39. The smallest absolute Gasteiger partial charge is 0.253 e. The molecule has 0 spiro atoms. The van der Waals surface area contributed by atoms with Crippen LogP contribution in [0.4, 0.5) is 33.4 Å². The topological polar surface area (TPSA) is 6.48 Å². The molecule has 3 heterocycles. The van der Waals surface area contributed by atoms with Crippen LogP contribution in [0.5, 0.6) is 0 Å². The molecule has 11 rings (SSSR count). The molecule has 0 saturated heterocycles. The first-order chi connectivity index (χ1) is 31.0. The molecule has 0 atom stereocenters. The van der Waals surface area contributed by atoms with E-state index in [2.05, 4.69) is 225 Å². The predicted octanol–water partition coefficient (Wildman–Crippen LogP) is 16.0. The lowest BCUT2D eigenvalue weighted by atomic mass is 9.32. The van der Waals surface area contributed by atoms with Crippen molar-refractivity contribution in [1.29, 1.82) is 0 Å². The highest BCUT2D eigenvalue weighted by atomic mass is 32.1. The number of rotatable bonds is 2. The van der Waals surface area contributed by atoms with E-state index in [-0.39, 0.29) is 44.6 Å². The Kier molecular flexibility index (Phi) is 9.28. The molecule has 0 saturated carbocycles. The average molecular weight is 903 g/mol. The molecule has 0 radical (unpaired) electrons. The fourth-order valence-corrected chi connectivity index (χ4v) is 14.9. The Labute approximate surface area is 408 Å². The Hall–Kier alpha value is -4.54. The molecule has 2 aliphatic heterocycles. The summed E-state index contributed by atoms with van der Waals surface area (Å²) >= 11 is 2.06. The van der Waals surface area contributed by atoms with Crippen LogP contribution in [0.25, 0.3) is 10.4 Å². The van der Waals surface area contributed by atoms with E-state index in [0.717, 1.165) is 0 Å². The summed E-state index contributed by atoms with van der Waals surface area (Å²) in [6.45, 7) is 43.8. The van der Waals surface area contributed by atoms with Crippen molar-refractivity contribution < 1.29 is 0 Å². The van der Waals surface area contributed by atoms with Crippen LogP contribution in [0.15, 0.2) is 78.9 Å². The van der Waals surface area contributed by atoms with Crippen LogP contribution < -0.4 is 26.2 Å². The molecule has 3 aliphatic carbocycles. The molecule has 0 unspecified atom stereocenters. The number of nitrogens with zero attached hydrogens (tertiary/aromatic N) is 2. The van der Waals surface area contributed by atoms with Crippen molar-refractivity contribution in [3.63, 3.8) is 0 Å². The van der Waals surface area contributed by atoms with Gasteiger partial charge in [0.1, 0.15) is 0 Å². The monoisotopic (exact) mass is 903 g/mol. The number of thiophene rings is 1. The van der Waals surface area contributed by atoms with Gasteiger partial charge in [0.15, 0.2) is 0 Å². The molecule has 67 heavy (non-hydrogen) atoms. The normalized spacial score (nSPS) is 19.8. The van der Waals surface area contributed by atoms with Crippen molar-refractivity contribution in [2.24, 2.45) is 0 Å². The lowest BCUT2D eigenvalue weighted by molar-refractivity contribution is 0.332. The Morgan fingerprint density at radius 1 is 0.493 bits per heavy atom. The highest BCUT2D eigenvalue weighted by Gasteiger charge is 2.52. The van der Waals surface area contributed by atoms with E-state index in [1.165, 1.54) is 142 Å². The van der Waals surface area contributed by atoms with E-state index in [0.29, 0.717) is 0 Å². The second-order valence-corrected chi connectivity index (χ2v) is 28.0. The Morgan fingerprint density at radius 3 is 1.61 bits per heavy atom. The van der Waals surface area contributed by atoms with Crippen molar-refractivity contribution in [2.45, 2.75) is 188 Å². The number of hydrogen-bond donors (Lipinski definition) is 0. The van der Waals surface area contributed by atoms with Gasteiger partial charge in [0, 0.05) is 38.7 Å². The van der Waals surface area contributed by atoms with E-state index in [4.69, 9.17) is 0 Å². The van der Waals surface area contributed by atoms with Crippen molar-refractivity contribution in [3.05, 3.63) is 134 Å². The molecule has 0 amide bonds. The maximum atomic E-state index is 2.74. The van der Waals surface area contributed by atoms with Gasteiger partial charge >= 0.3 is 0 Å². The molecule has 0 fully saturated rings. The van der Waals surface area contributed by atoms with E-state index in [9.17, 15) is 0 Å². The third-order valence-electron chi connectivity index (χ3n) is 17.8. The Balaban J connectivity index is 1.28. The largest absolute Gasteiger partial charge is 0.311 e. The summed E-state index contributed by atoms with van der Waals surface area (Å²) in [4.78, 5) is 6.91. The number of hydrogen-bond acceptors (Lipinski definition) is 3. The van der Waals surface area contributed by atoms with Crippen LogP contribution in [0.1, 0.15) is 192 Å². The molecule has 5 aromatic carbocycles. The molecule has 346 valence electrons. The summed E-state index contributed by atoms with van der Waals surface area (Å²) in [5.74, 6) is 0. The summed E-state index contributed by atoms with van der Waals surface area (Å²) in [7, 11) is 0. The molecule has 0 N–H and O–H groups in total. The highest BCUT2D eigenvalue weighted by Crippen LogP contribution is 2.59. The van der Waals surface area contributed by atoms with Crippen molar-refractivity contribution >= 4 is 67.9 Å². The van der Waals surface area contributed by atoms with Crippen LogP contribution >= 0.6 is 11.3 Å². The third kappa shape index (κ3) is 6.39. The fourth-order valence-electron chi connectivity index (χ4n) is 13.3. The van der Waals surface area contributed by atoms with E-state index in [1.54, 1.807) is 0 Å². The van der Waals surface area contributed by atoms with Gasteiger partial charge in [0.05, 0.1) is 5.00 Å². The molecule has 6 aromatic rings. The lowest BCUT2D eigenvalue weighted by Gasteiger charge is -2.48. The number of anilines is 6. The van der Waals surface area contributed by atoms with Gasteiger partial charge in [-0.3, -0.25) is 0 Å². The molecule has 1 aromatic heterocycles. The number of aryl methyl sites for hydroxylation is 2. The molecule has 2 nitrogen and oxygen atoms in total. The summed E-state index contributed by atoms with van der Waals surface area (Å²) in [6, 6.07) is 32.8. The quantitative estimate of drug-likeness (QED) is 0.160. The maximum Gasteiger partial charge on any atom is 0.253 e. The van der Waals surface area contributed by atoms with Crippen LogP contribution in [-0.4, -0.2) is 6.71 Å². The van der Waals surface area contributed by atoms with Gasteiger partial charge in [-0.15, -0.1) is 11.3 Å². The second kappa shape index (κ2) is 13.8. The number of fused-ring (bicyclic) bond motifs is 10. The Morgan fingerprint density at radius 2 is 1.01 bits per heavy atom. The first-order valence-corrected chi connectivity index (χ1v) is 26.4. The van der Waals surface area contributed by atoms with Crippen molar-refractivity contribution in [1.82, 2.24) is 0 Å². The second-order valence-electron chi connectivity index (χ2n) is 27.0. The van der Waals surface area contributed by atoms with Gasteiger partial charge < -0.3 is 9.80 Å². The van der Waals surface area contributed by atoms with Gasteiger partial charge in [-0.25, -0.2) is 0 Å². The molecular weight excluding hydrogens is 828 g/mol. The van der Waals surface area contributed by atoms with Crippen molar-refractivity contribution in [3.8, 4) is 10.4 Å². The number of benzene rings is 5. The first kappa shape index (κ1) is 44.9. The third-order valence-corrected chi connectivity index (χ3v) is 19.1. The van der Waals surface area contributed by atoms with Crippen LogP contribution in [0.2, 0.25) is 0 Å². The predicted molar refractivity (Wildman–Crippen MR) is 293 cm³/mol. The summed E-state index contributed by atoms with van der Waals surface area (Å²) < 4.78 is 0. The van der Waals surface area contributed by atoms with Gasteiger partial charge in [0.25, 0.3) is 6.71 Å². The zero-order valence-electron chi connectivity index (χ0n) is 44.2. The minimum atomic E-state index is -0.187. The first-order valence-electron chi connectivity index (χ1n) is 25.6. The van der Waals surface area contributed by atoms with Crippen LogP contribution in [0.3, 0.4) is 0 Å². The molecule has 5 aliphatic rings. The van der Waals surface area contributed by atoms with Gasteiger partial charge in [-0.1, -0.05) is 147 Å². The van der Waals surface area contributed by atoms with Gasteiger partial charge in [-0.05, 0) is 192 Å². The minimum absolute atomic E-state index is 0.0481. The van der Waals surface area contributed by atoms with Crippen LogP contribution in [-0.2, 0) is 37.9 Å². The Bertz CT molecular complexity index is 3120. The molecule has 4 heteroatoms. The average Bonchev–Trinajstić information content (AvgIpc) is 3.73. The van der Waals surface area contributed by atoms with E-state index in [1.807, 2.05) is 0 Å².